The quantitative estimate of drug-likeness (QED) is 0.405. The van der Waals surface area contributed by atoms with E-state index in [0.29, 0.717) is 16.7 Å². The van der Waals surface area contributed by atoms with Crippen molar-refractivity contribution < 1.29 is 9.59 Å². The Morgan fingerprint density at radius 2 is 1.88 bits per heavy atom. The Hall–Kier alpha value is -1.66. The molecular formula is C18H24BrN3O2. The summed E-state index contributed by atoms with van der Waals surface area (Å²) in [5.74, 6) is -0.708. The molecule has 0 spiro atoms. The summed E-state index contributed by atoms with van der Waals surface area (Å²) in [6.07, 6.45) is 3.86. The first-order chi connectivity index (χ1) is 11.6. The molecule has 0 radical (unpaired) electrons. The highest BCUT2D eigenvalue weighted by molar-refractivity contribution is 9.10. The third kappa shape index (κ3) is 4.68. The summed E-state index contributed by atoms with van der Waals surface area (Å²) in [6.45, 7) is 8.39. The molecule has 0 atom stereocenters. The van der Waals surface area contributed by atoms with Crippen molar-refractivity contribution in [3.8, 4) is 0 Å². The van der Waals surface area contributed by atoms with Crippen LogP contribution in [0.3, 0.4) is 0 Å². The number of fused-ring (bicyclic) bond motifs is 1. The van der Waals surface area contributed by atoms with Gasteiger partial charge in [-0.15, -0.1) is 0 Å². The second-order valence-corrected chi connectivity index (χ2v) is 6.63. The number of hydrogen-bond donors (Lipinski definition) is 2. The van der Waals surface area contributed by atoms with E-state index >= 15 is 0 Å². The van der Waals surface area contributed by atoms with E-state index in [-0.39, 0.29) is 11.8 Å². The van der Waals surface area contributed by atoms with Gasteiger partial charge in [0.25, 0.3) is 11.8 Å². The van der Waals surface area contributed by atoms with Gasteiger partial charge in [0.15, 0.2) is 0 Å². The second-order valence-electron chi connectivity index (χ2n) is 5.72. The van der Waals surface area contributed by atoms with Gasteiger partial charge in [-0.1, -0.05) is 29.8 Å². The Morgan fingerprint density at radius 3 is 2.58 bits per heavy atom. The van der Waals surface area contributed by atoms with Gasteiger partial charge in [-0.3, -0.25) is 14.9 Å². The molecule has 5 nitrogen and oxygen atoms in total. The zero-order chi connectivity index (χ0) is 17.5. The van der Waals surface area contributed by atoms with E-state index in [1.807, 2.05) is 0 Å². The van der Waals surface area contributed by atoms with Crippen LogP contribution >= 0.6 is 15.9 Å². The molecule has 2 amide bonds. The molecule has 0 saturated carbocycles. The molecular weight excluding hydrogens is 370 g/mol. The average Bonchev–Trinajstić information content (AvgIpc) is 2.56. The number of halogens is 1. The summed E-state index contributed by atoms with van der Waals surface area (Å²) >= 11 is 3.39. The molecule has 24 heavy (non-hydrogen) atoms. The summed E-state index contributed by atoms with van der Waals surface area (Å²) < 4.78 is 0.842. The van der Waals surface area contributed by atoms with Crippen LogP contribution in [-0.4, -0.2) is 42.9 Å². The number of amides is 2. The number of imide groups is 1. The van der Waals surface area contributed by atoms with E-state index < -0.39 is 0 Å². The maximum atomic E-state index is 12.1. The van der Waals surface area contributed by atoms with Gasteiger partial charge in [0.05, 0.1) is 5.57 Å². The number of carbonyl (C=O) groups excluding carboxylic acids is 2. The van der Waals surface area contributed by atoms with Gasteiger partial charge in [-0.2, -0.15) is 0 Å². The highest BCUT2D eigenvalue weighted by atomic mass is 79.9. The molecule has 0 unspecified atom stereocenters. The topological polar surface area (TPSA) is 61.4 Å². The van der Waals surface area contributed by atoms with Crippen LogP contribution in [0.15, 0.2) is 28.9 Å². The molecule has 1 aromatic carbocycles. The molecule has 0 saturated heterocycles. The Morgan fingerprint density at radius 1 is 1.12 bits per heavy atom. The Kier molecular flexibility index (Phi) is 6.99. The van der Waals surface area contributed by atoms with Crippen molar-refractivity contribution in [2.75, 3.05) is 26.2 Å². The second kappa shape index (κ2) is 8.99. The van der Waals surface area contributed by atoms with Gasteiger partial charge < -0.3 is 10.2 Å². The van der Waals surface area contributed by atoms with E-state index in [2.05, 4.69) is 45.3 Å². The van der Waals surface area contributed by atoms with Crippen LogP contribution in [0, 0.1) is 0 Å². The monoisotopic (exact) mass is 393 g/mol. The van der Waals surface area contributed by atoms with E-state index in [4.69, 9.17) is 0 Å². The standard InChI is InChI=1S/C18H24BrN3O2/c1-3-22(4-2)10-6-5-9-20-12-16-15-11-13(19)7-8-14(15)17(23)21-18(16)24/h7-8,11-12,20H,3-6,9-10H2,1-2H3,(H,21,23,24)/b16-12+. The molecule has 6 heteroatoms. The van der Waals surface area contributed by atoms with Crippen molar-refractivity contribution >= 4 is 33.3 Å². The molecule has 0 bridgehead atoms. The number of nitrogens with zero attached hydrogens (tertiary/aromatic N) is 1. The number of rotatable bonds is 8. The Bertz CT molecular complexity index is 639. The van der Waals surface area contributed by atoms with Crippen molar-refractivity contribution in [3.05, 3.63) is 40.0 Å². The van der Waals surface area contributed by atoms with Crippen molar-refractivity contribution in [1.82, 2.24) is 15.5 Å². The van der Waals surface area contributed by atoms with Crippen molar-refractivity contribution in [2.45, 2.75) is 26.7 Å². The largest absolute Gasteiger partial charge is 0.390 e. The molecule has 130 valence electrons. The minimum absolute atomic E-state index is 0.348. The predicted octanol–water partition coefficient (Wildman–Crippen LogP) is 2.77. The fourth-order valence-corrected chi connectivity index (χ4v) is 3.08. The lowest BCUT2D eigenvalue weighted by Gasteiger charge is -2.19. The minimum Gasteiger partial charge on any atom is -0.390 e. The normalized spacial score (nSPS) is 15.6. The molecule has 1 aliphatic heterocycles. The maximum Gasteiger partial charge on any atom is 0.260 e. The Balaban J connectivity index is 1.95. The first kappa shape index (κ1) is 18.7. The molecule has 1 aromatic rings. The lowest BCUT2D eigenvalue weighted by molar-refractivity contribution is -0.114. The summed E-state index contributed by atoms with van der Waals surface area (Å²) in [5, 5.41) is 5.58. The summed E-state index contributed by atoms with van der Waals surface area (Å²) in [5.41, 5.74) is 1.68. The van der Waals surface area contributed by atoms with Crippen LogP contribution in [0.2, 0.25) is 0 Å². The van der Waals surface area contributed by atoms with E-state index in [1.54, 1.807) is 24.4 Å². The lowest BCUT2D eigenvalue weighted by Crippen LogP contribution is -2.37. The Labute approximate surface area is 151 Å². The van der Waals surface area contributed by atoms with Crippen LogP contribution in [0.5, 0.6) is 0 Å². The summed E-state index contributed by atoms with van der Waals surface area (Å²) in [7, 11) is 0. The third-order valence-electron chi connectivity index (χ3n) is 4.17. The highest BCUT2D eigenvalue weighted by Crippen LogP contribution is 2.26. The molecule has 2 rings (SSSR count). The van der Waals surface area contributed by atoms with E-state index in [9.17, 15) is 9.59 Å². The number of carbonyl (C=O) groups is 2. The van der Waals surface area contributed by atoms with Crippen LogP contribution in [0.25, 0.3) is 5.57 Å². The number of hydrogen-bond acceptors (Lipinski definition) is 4. The van der Waals surface area contributed by atoms with E-state index in [1.165, 1.54) is 0 Å². The van der Waals surface area contributed by atoms with Crippen LogP contribution in [-0.2, 0) is 4.79 Å². The first-order valence-electron chi connectivity index (χ1n) is 8.38. The number of benzene rings is 1. The van der Waals surface area contributed by atoms with Gasteiger partial charge in [0.1, 0.15) is 0 Å². The molecule has 0 aliphatic carbocycles. The predicted molar refractivity (Wildman–Crippen MR) is 99.6 cm³/mol. The highest BCUT2D eigenvalue weighted by Gasteiger charge is 2.27. The molecule has 1 aliphatic rings. The van der Waals surface area contributed by atoms with Crippen molar-refractivity contribution in [1.29, 1.82) is 0 Å². The lowest BCUT2D eigenvalue weighted by atomic mass is 9.96. The minimum atomic E-state index is -0.360. The van der Waals surface area contributed by atoms with Crippen LogP contribution in [0.1, 0.15) is 42.6 Å². The zero-order valence-electron chi connectivity index (χ0n) is 14.2. The number of unbranched alkanes of at least 4 members (excludes halogenated alkanes) is 1. The SMILES string of the molecule is CCN(CC)CCCCN/C=C1/C(=O)NC(=O)c2ccc(Br)cc21. The average molecular weight is 394 g/mol. The summed E-state index contributed by atoms with van der Waals surface area (Å²) in [6, 6.07) is 5.32. The zero-order valence-corrected chi connectivity index (χ0v) is 15.8. The van der Waals surface area contributed by atoms with Crippen LogP contribution in [0.4, 0.5) is 0 Å². The van der Waals surface area contributed by atoms with Gasteiger partial charge in [0, 0.05) is 28.3 Å². The maximum absolute atomic E-state index is 12.1. The molecule has 0 fully saturated rings. The number of nitrogens with one attached hydrogen (secondary N) is 2. The van der Waals surface area contributed by atoms with Gasteiger partial charge in [-0.05, 0) is 50.7 Å². The molecule has 0 aromatic heterocycles. The molecule has 2 N–H and O–H groups in total. The summed E-state index contributed by atoms with van der Waals surface area (Å²) in [4.78, 5) is 26.4. The third-order valence-corrected chi connectivity index (χ3v) is 4.67. The van der Waals surface area contributed by atoms with Gasteiger partial charge >= 0.3 is 0 Å². The van der Waals surface area contributed by atoms with Gasteiger partial charge in [-0.25, -0.2) is 0 Å². The fraction of sp³-hybridized carbons (Fsp3) is 0.444. The fourth-order valence-electron chi connectivity index (χ4n) is 2.72. The smallest absolute Gasteiger partial charge is 0.260 e. The molecule has 1 heterocycles. The van der Waals surface area contributed by atoms with Crippen molar-refractivity contribution in [2.24, 2.45) is 0 Å². The van der Waals surface area contributed by atoms with Crippen LogP contribution < -0.4 is 10.6 Å². The first-order valence-corrected chi connectivity index (χ1v) is 9.17. The van der Waals surface area contributed by atoms with Crippen molar-refractivity contribution in [3.63, 3.8) is 0 Å². The van der Waals surface area contributed by atoms with E-state index in [0.717, 1.165) is 43.5 Å². The van der Waals surface area contributed by atoms with Gasteiger partial charge in [0.2, 0.25) is 0 Å².